The van der Waals surface area contributed by atoms with Crippen LogP contribution in [0.4, 0.5) is 0 Å². The summed E-state index contributed by atoms with van der Waals surface area (Å²) in [7, 11) is 0. The number of nitrogens with zero attached hydrogens (tertiary/aromatic N) is 2. The van der Waals surface area contributed by atoms with Gasteiger partial charge in [-0.1, -0.05) is 97.2 Å². The van der Waals surface area contributed by atoms with Gasteiger partial charge >= 0.3 is 0 Å². The van der Waals surface area contributed by atoms with Gasteiger partial charge in [0.05, 0.1) is 43.4 Å². The van der Waals surface area contributed by atoms with Gasteiger partial charge in [0, 0.05) is 48.6 Å². The molecule has 0 bridgehead atoms. The molecule has 0 radical (unpaired) electrons. The Morgan fingerprint density at radius 2 is 1.53 bits per heavy atom. The largest absolute Gasteiger partial charge is 0.493 e. The Labute approximate surface area is 476 Å². The van der Waals surface area contributed by atoms with Gasteiger partial charge in [0.15, 0.2) is 5.78 Å². The molecule has 5 atom stereocenters. The van der Waals surface area contributed by atoms with Crippen LogP contribution in [0.2, 0.25) is 0 Å². The Hall–Kier alpha value is -7.21. The maximum Gasteiger partial charge on any atom is 0.243 e. The molecule has 7 amide bonds. The number of Topliss-reactive ketones (excluding diaryl/α,β-unsaturated/α-hetero) is 1. The topological polar surface area (TPSA) is 241 Å². The molecule has 2 fully saturated rings. The second-order valence-corrected chi connectivity index (χ2v) is 22.0. The number of fused-ring (bicyclic) bond motifs is 2. The SMILES string of the molecule is CCc1c2c(nc3ccc(OCCOCNC(=O)CNC(=O)C(Cc4ccccc4)NC(=O)CNC(=O)CNC(=O)CCCCCN4C(=O)CC(C(CC)CC)C4=O)cc13)/C(C)=C/C1=C(COC(=C3CCC3)C1C)C(=O)C(C)C(C)C2. The van der Waals surface area contributed by atoms with Gasteiger partial charge in [-0.15, -0.1) is 0 Å². The number of amides is 7. The van der Waals surface area contributed by atoms with E-state index in [-0.39, 0.29) is 98.8 Å². The number of imide groups is 1. The number of likely N-dealkylation sites (tertiary alicyclic amines) is 1. The van der Waals surface area contributed by atoms with Gasteiger partial charge < -0.3 is 40.8 Å². The summed E-state index contributed by atoms with van der Waals surface area (Å²) in [4.78, 5) is 110. The Morgan fingerprint density at radius 1 is 0.815 bits per heavy atom. The van der Waals surface area contributed by atoms with Gasteiger partial charge in [-0.25, -0.2) is 4.98 Å². The number of ketones is 1. The molecule has 5 N–H and O–H groups in total. The van der Waals surface area contributed by atoms with Crippen LogP contribution in [0.15, 0.2) is 77.1 Å². The third-order valence-corrected chi connectivity index (χ3v) is 16.6. The van der Waals surface area contributed by atoms with E-state index in [2.05, 4.69) is 60.4 Å². The Bertz CT molecular complexity index is 2900. The number of unbranched alkanes of at least 4 members (excludes halogenated alkanes) is 2. The average molecular weight is 1110 g/mol. The Morgan fingerprint density at radius 3 is 2.25 bits per heavy atom. The van der Waals surface area contributed by atoms with E-state index in [1.165, 1.54) is 22.5 Å². The summed E-state index contributed by atoms with van der Waals surface area (Å²) < 4.78 is 18.1. The van der Waals surface area contributed by atoms with E-state index in [1.54, 1.807) is 24.3 Å². The number of aryl methyl sites for hydroxylation is 1. The van der Waals surface area contributed by atoms with E-state index in [4.69, 9.17) is 19.2 Å². The van der Waals surface area contributed by atoms with Crippen LogP contribution < -0.4 is 31.3 Å². The first kappa shape index (κ1) is 61.4. The van der Waals surface area contributed by atoms with Crippen molar-refractivity contribution < 1.29 is 52.6 Å². The van der Waals surface area contributed by atoms with Crippen molar-refractivity contribution in [3.8, 4) is 5.75 Å². The van der Waals surface area contributed by atoms with Gasteiger partial charge in [-0.3, -0.25) is 43.3 Å². The van der Waals surface area contributed by atoms with Crippen molar-refractivity contribution in [3.63, 3.8) is 0 Å². The second kappa shape index (κ2) is 29.5. The van der Waals surface area contributed by atoms with Crippen LogP contribution in [-0.4, -0.2) is 116 Å². The molecule has 18 nitrogen and oxygen atoms in total. The molecule has 1 saturated carbocycles. The zero-order valence-electron chi connectivity index (χ0n) is 48.4. The van der Waals surface area contributed by atoms with Gasteiger partial charge in [-0.05, 0) is 115 Å². The minimum atomic E-state index is -1.08. The standard InChI is InChI=1S/C63H83N7O11/c1-8-43(9-2)48-32-58(75)70(63(48)78)25-16-12-15-22-54(71)64-33-55(72)65-35-57(74)68-53(30-42-18-13-11-14-19-42)62(77)66-34-56(73)67-37-79-26-27-80-45-23-24-52-49(31-45)46(10-3)50-28-38(4)40(6)60(76)51-36-81-61(44-20-17-21-44)41(7)47(51)29-39(5)59(50)69-52/h11,13-14,18-19,23-24,29,31,38,40-41,43,48,53H,8-10,12,15-17,20-22,25-28,30,32-37H2,1-7H3,(H,64,71)(H,65,72)(H,66,77)(H,67,73)(H,68,74)/b39-29+. The molecule has 1 saturated heterocycles. The van der Waals surface area contributed by atoms with Crippen LogP contribution in [0.3, 0.4) is 0 Å². The molecule has 1 aromatic heterocycles. The summed E-state index contributed by atoms with van der Waals surface area (Å²) >= 11 is 0. The molecule has 18 heteroatoms. The quantitative estimate of drug-likeness (QED) is 0.0313. The number of nitrogens with one attached hydrogen (secondary N) is 5. The summed E-state index contributed by atoms with van der Waals surface area (Å²) in [6.07, 6.45) is 10.8. The van der Waals surface area contributed by atoms with Crippen LogP contribution in [0.25, 0.3) is 16.5 Å². The highest BCUT2D eigenvalue weighted by Crippen LogP contribution is 2.43. The van der Waals surface area contributed by atoms with Gasteiger partial charge in [0.1, 0.15) is 37.5 Å². The van der Waals surface area contributed by atoms with Crippen molar-refractivity contribution in [3.05, 3.63) is 99.5 Å². The van der Waals surface area contributed by atoms with E-state index < -0.39 is 42.8 Å². The van der Waals surface area contributed by atoms with Gasteiger partial charge in [-0.2, -0.15) is 0 Å². The Kier molecular flexibility index (Phi) is 22.4. The van der Waals surface area contributed by atoms with E-state index >= 15 is 0 Å². The first-order valence-electron chi connectivity index (χ1n) is 29.2. The van der Waals surface area contributed by atoms with Crippen molar-refractivity contribution in [1.29, 1.82) is 0 Å². The average Bonchev–Trinajstić information content (AvgIpc) is 3.88. The molecular formula is C63H83N7O11. The maximum absolute atomic E-state index is 14.1. The highest BCUT2D eigenvalue weighted by Gasteiger charge is 2.41. The van der Waals surface area contributed by atoms with Crippen molar-refractivity contribution in [2.45, 2.75) is 138 Å². The number of hydrogen-bond acceptors (Lipinski definition) is 12. The summed E-state index contributed by atoms with van der Waals surface area (Å²) in [5.41, 5.74) is 9.11. The third kappa shape index (κ3) is 16.0. The number of carbonyl (C=O) groups excluding carboxylic acids is 8. The van der Waals surface area contributed by atoms with E-state index in [1.807, 2.05) is 45.0 Å². The van der Waals surface area contributed by atoms with E-state index in [9.17, 15) is 38.4 Å². The summed E-state index contributed by atoms with van der Waals surface area (Å²) in [5.74, 6) is -1.36. The smallest absolute Gasteiger partial charge is 0.243 e. The van der Waals surface area contributed by atoms with Crippen LogP contribution in [-0.2, 0) is 67.1 Å². The number of benzene rings is 2. The predicted molar refractivity (Wildman–Crippen MR) is 308 cm³/mol. The lowest BCUT2D eigenvalue weighted by molar-refractivity contribution is -0.140. The zero-order chi connectivity index (χ0) is 58.2. The lowest BCUT2D eigenvalue weighted by Gasteiger charge is -2.34. The van der Waals surface area contributed by atoms with Crippen molar-refractivity contribution >= 4 is 63.6 Å². The number of carbonyl (C=O) groups is 8. The van der Waals surface area contributed by atoms with Gasteiger partial charge in [0.25, 0.3) is 0 Å². The summed E-state index contributed by atoms with van der Waals surface area (Å²) in [5, 5.41) is 13.8. The van der Waals surface area contributed by atoms with E-state index in [0.29, 0.717) is 44.6 Å². The number of rotatable bonds is 26. The lowest BCUT2D eigenvalue weighted by Crippen LogP contribution is -2.52. The molecular weight excluding hydrogens is 1030 g/mol. The van der Waals surface area contributed by atoms with Crippen LogP contribution in [0, 0.1) is 29.6 Å². The highest BCUT2D eigenvalue weighted by atomic mass is 16.5. The molecule has 436 valence electrons. The molecule has 0 spiro atoms. The molecule has 2 aliphatic carbocycles. The molecule has 5 unspecified atom stereocenters. The van der Waals surface area contributed by atoms with E-state index in [0.717, 1.165) is 82.3 Å². The second-order valence-electron chi connectivity index (χ2n) is 22.0. The molecule has 3 aromatic rings. The minimum Gasteiger partial charge on any atom is -0.493 e. The van der Waals surface area contributed by atoms with Crippen LogP contribution in [0.1, 0.15) is 135 Å². The number of ether oxygens (including phenoxy) is 3. The van der Waals surface area contributed by atoms with Gasteiger partial charge in [0.2, 0.25) is 41.4 Å². The zero-order valence-corrected chi connectivity index (χ0v) is 48.4. The fourth-order valence-corrected chi connectivity index (χ4v) is 11.4. The maximum atomic E-state index is 14.1. The molecule has 81 heavy (non-hydrogen) atoms. The monoisotopic (exact) mass is 1110 g/mol. The molecule has 3 heterocycles. The third-order valence-electron chi connectivity index (χ3n) is 16.6. The van der Waals surface area contributed by atoms with Crippen molar-refractivity contribution in [1.82, 2.24) is 36.5 Å². The first-order chi connectivity index (χ1) is 39.0. The summed E-state index contributed by atoms with van der Waals surface area (Å²) in [6.45, 7) is 14.3. The number of hydrogen-bond donors (Lipinski definition) is 5. The van der Waals surface area contributed by atoms with Crippen LogP contribution >= 0.6 is 0 Å². The normalized spacial score (nSPS) is 20.1. The number of aromatic nitrogens is 1. The molecule has 4 aliphatic rings. The molecule has 2 aromatic carbocycles. The summed E-state index contributed by atoms with van der Waals surface area (Å²) in [6, 6.07) is 13.8. The van der Waals surface area contributed by atoms with Crippen molar-refractivity contribution in [2.24, 2.45) is 29.6 Å². The fraction of sp³-hybridized carbons (Fsp3) is 0.540. The predicted octanol–water partition coefficient (Wildman–Crippen LogP) is 6.92. The molecule has 2 aliphatic heterocycles. The number of allylic oxidation sites excluding steroid dienone is 4. The minimum absolute atomic E-state index is 0.00800. The lowest BCUT2D eigenvalue weighted by atomic mass is 9.76. The highest BCUT2D eigenvalue weighted by molar-refractivity contribution is 6.04. The number of pyridine rings is 1. The first-order valence-corrected chi connectivity index (χ1v) is 29.2. The van der Waals surface area contributed by atoms with Crippen LogP contribution in [0.5, 0.6) is 5.75 Å². The van der Waals surface area contributed by atoms with Crippen molar-refractivity contribution in [2.75, 3.05) is 52.7 Å². The molecule has 7 rings (SSSR count). The fourth-order valence-electron chi connectivity index (χ4n) is 11.4. The Balaban J connectivity index is 0.828.